The second kappa shape index (κ2) is 12.9. The molecule has 51 heavy (non-hydrogen) atoms. The summed E-state index contributed by atoms with van der Waals surface area (Å²) in [7, 11) is 0. The van der Waals surface area contributed by atoms with E-state index in [9.17, 15) is 5.11 Å². The molecule has 8 aromatic rings. The third kappa shape index (κ3) is 6.17. The van der Waals surface area contributed by atoms with Gasteiger partial charge >= 0.3 is 0 Å². The van der Waals surface area contributed by atoms with E-state index in [1.54, 1.807) is 0 Å². The number of pyridine rings is 2. The van der Waals surface area contributed by atoms with Crippen molar-refractivity contribution in [1.29, 1.82) is 0 Å². The van der Waals surface area contributed by atoms with Crippen molar-refractivity contribution in [3.63, 3.8) is 0 Å². The van der Waals surface area contributed by atoms with Crippen LogP contribution in [-0.2, 0) is 31.9 Å². The zero-order valence-electron chi connectivity index (χ0n) is 29.7. The molecule has 0 aliphatic carbocycles. The molecule has 0 radical (unpaired) electrons. The van der Waals surface area contributed by atoms with Gasteiger partial charge in [0.05, 0.1) is 16.7 Å². The summed E-state index contributed by atoms with van der Waals surface area (Å²) in [6, 6.07) is 45.8. The molecular weight excluding hydrogens is 806 g/mol. The molecule has 0 fully saturated rings. The molecule has 8 rings (SSSR count). The van der Waals surface area contributed by atoms with Crippen LogP contribution >= 0.6 is 0 Å². The maximum Gasteiger partial charge on any atom is 0.128 e. The number of phenolic OH excluding ortho intramolecular Hbond substituents is 1. The van der Waals surface area contributed by atoms with Gasteiger partial charge < -0.3 is 9.67 Å². The average molecular weight is 846 g/mol. The summed E-state index contributed by atoms with van der Waals surface area (Å²) in [6.45, 7) is 13.1. The summed E-state index contributed by atoms with van der Waals surface area (Å²) in [6.07, 6.45) is 1.87. The number of aromatic hydroxyl groups is 1. The summed E-state index contributed by atoms with van der Waals surface area (Å²) in [5, 5.41) is 14.9. The first kappa shape index (κ1) is 34.4. The standard InChI is InChI=1S/C46H40N3O.Pt/c1-45(2,3)33-27-36(44(50)37(28-33)46(4,5)6)38-20-22-41-43(48-38)42-35-25-32(39-26-31(23-24-47-39)29-13-9-7-10-14-29)18-17-30(35)19-21-40(42)49(41)34-15-11-8-12-16-34;/h7-24,26-28,50H,1-6H3;/q-1;. The van der Waals surface area contributed by atoms with Crippen LogP contribution < -0.4 is 0 Å². The molecule has 4 nitrogen and oxygen atoms in total. The Morgan fingerprint density at radius 2 is 1.33 bits per heavy atom. The molecule has 0 saturated heterocycles. The van der Waals surface area contributed by atoms with Crippen molar-refractivity contribution >= 4 is 32.7 Å². The van der Waals surface area contributed by atoms with E-state index in [0.29, 0.717) is 0 Å². The SMILES string of the molecule is CC(C)(C)c1cc(-c2ccc3c(n2)c2c4[c-]c(-c5cc(-c6ccccc6)ccn5)ccc4ccc2n3-c2ccccc2)c(O)c(C(C)(C)C)c1.[Pt]. The number of benzene rings is 5. The zero-order chi connectivity index (χ0) is 34.8. The van der Waals surface area contributed by atoms with E-state index >= 15 is 0 Å². The van der Waals surface area contributed by atoms with Crippen LogP contribution in [0.4, 0.5) is 0 Å². The molecule has 1 N–H and O–H groups in total. The van der Waals surface area contributed by atoms with Crippen LogP contribution in [0.25, 0.3) is 72.0 Å². The number of nitrogens with zero attached hydrogens (tertiary/aromatic N) is 3. The van der Waals surface area contributed by atoms with E-state index in [4.69, 9.17) is 9.97 Å². The Labute approximate surface area is 314 Å². The van der Waals surface area contributed by atoms with Gasteiger partial charge in [-0.3, -0.25) is 9.97 Å². The average Bonchev–Trinajstić information content (AvgIpc) is 3.45. The molecule has 0 atom stereocenters. The first-order valence-electron chi connectivity index (χ1n) is 17.2. The van der Waals surface area contributed by atoms with Crippen LogP contribution in [0.1, 0.15) is 52.7 Å². The first-order valence-corrected chi connectivity index (χ1v) is 17.2. The number of para-hydroxylation sites is 1. The summed E-state index contributed by atoms with van der Waals surface area (Å²) < 4.78 is 2.28. The third-order valence-corrected chi connectivity index (χ3v) is 9.71. The van der Waals surface area contributed by atoms with Crippen molar-refractivity contribution < 1.29 is 26.2 Å². The largest absolute Gasteiger partial charge is 0.507 e. The monoisotopic (exact) mass is 845 g/mol. The number of hydrogen-bond donors (Lipinski definition) is 1. The fourth-order valence-corrected chi connectivity index (χ4v) is 6.98. The molecule has 256 valence electrons. The number of phenols is 1. The van der Waals surface area contributed by atoms with E-state index in [-0.39, 0.29) is 37.6 Å². The number of aromatic nitrogens is 3. The number of rotatable bonds is 4. The van der Waals surface area contributed by atoms with Gasteiger partial charge in [-0.25, -0.2) is 0 Å². The molecule has 0 spiro atoms. The van der Waals surface area contributed by atoms with Crippen molar-refractivity contribution in [2.24, 2.45) is 0 Å². The number of hydrogen-bond acceptors (Lipinski definition) is 3. The Balaban J connectivity index is 0.00000406. The van der Waals surface area contributed by atoms with Gasteiger partial charge in [-0.2, -0.15) is 0 Å². The molecule has 0 saturated carbocycles. The Hall–Kier alpha value is -5.05. The van der Waals surface area contributed by atoms with Crippen LogP contribution in [0.3, 0.4) is 0 Å². The van der Waals surface area contributed by atoms with E-state index in [1.807, 2.05) is 30.5 Å². The van der Waals surface area contributed by atoms with Gasteiger partial charge in [0.1, 0.15) is 5.75 Å². The number of fused-ring (bicyclic) bond motifs is 5. The minimum Gasteiger partial charge on any atom is -0.507 e. The van der Waals surface area contributed by atoms with Crippen LogP contribution in [0, 0.1) is 6.07 Å². The maximum absolute atomic E-state index is 11.8. The summed E-state index contributed by atoms with van der Waals surface area (Å²) >= 11 is 0. The second-order valence-electron chi connectivity index (χ2n) is 15.2. The Morgan fingerprint density at radius 1 is 0.647 bits per heavy atom. The third-order valence-electron chi connectivity index (χ3n) is 9.71. The van der Waals surface area contributed by atoms with Crippen LogP contribution in [0.2, 0.25) is 0 Å². The van der Waals surface area contributed by atoms with Crippen molar-refractivity contribution in [2.45, 2.75) is 52.4 Å². The molecule has 5 heteroatoms. The van der Waals surface area contributed by atoms with Gasteiger partial charge in [-0.05, 0) is 69.3 Å². The fraction of sp³-hybridized carbons (Fsp3) is 0.174. The molecule has 0 bridgehead atoms. The molecule has 3 heterocycles. The maximum atomic E-state index is 11.8. The quantitative estimate of drug-likeness (QED) is 0.180. The molecule has 3 aromatic heterocycles. The molecule has 0 amide bonds. The van der Waals surface area contributed by atoms with E-state index in [2.05, 4.69) is 149 Å². The van der Waals surface area contributed by atoms with Gasteiger partial charge in [0.25, 0.3) is 0 Å². The molecule has 5 aromatic carbocycles. The second-order valence-corrected chi connectivity index (χ2v) is 15.2. The van der Waals surface area contributed by atoms with Crippen molar-refractivity contribution in [2.75, 3.05) is 0 Å². The molecule has 0 unspecified atom stereocenters. The van der Waals surface area contributed by atoms with Crippen molar-refractivity contribution in [3.05, 3.63) is 145 Å². The van der Waals surface area contributed by atoms with Crippen LogP contribution in [-0.4, -0.2) is 19.6 Å². The van der Waals surface area contributed by atoms with Crippen molar-refractivity contribution in [3.8, 4) is 45.1 Å². The van der Waals surface area contributed by atoms with Crippen LogP contribution in [0.15, 0.2) is 128 Å². The van der Waals surface area contributed by atoms with Gasteiger partial charge in [-0.1, -0.05) is 125 Å². The van der Waals surface area contributed by atoms with Gasteiger partial charge in [0.15, 0.2) is 0 Å². The van der Waals surface area contributed by atoms with E-state index in [1.165, 1.54) is 0 Å². The Morgan fingerprint density at radius 3 is 2.04 bits per heavy atom. The zero-order valence-corrected chi connectivity index (χ0v) is 32.0. The summed E-state index contributed by atoms with van der Waals surface area (Å²) in [4.78, 5) is 10.2. The first-order chi connectivity index (χ1) is 24.0. The normalized spacial score (nSPS) is 12.0. The predicted octanol–water partition coefficient (Wildman–Crippen LogP) is 11.8. The molecule has 0 aliphatic rings. The summed E-state index contributed by atoms with van der Waals surface area (Å²) in [5.41, 5.74) is 11.2. The Kier molecular flexibility index (Phi) is 8.72. The molecule has 0 aliphatic heterocycles. The van der Waals surface area contributed by atoms with Crippen molar-refractivity contribution in [1.82, 2.24) is 14.5 Å². The van der Waals surface area contributed by atoms with E-state index < -0.39 is 0 Å². The van der Waals surface area contributed by atoms with Gasteiger partial charge in [-0.15, -0.1) is 23.6 Å². The topological polar surface area (TPSA) is 50.9 Å². The smallest absolute Gasteiger partial charge is 0.128 e. The van der Waals surface area contributed by atoms with Gasteiger partial charge in [0, 0.05) is 55.3 Å². The summed E-state index contributed by atoms with van der Waals surface area (Å²) in [5.74, 6) is 0.284. The minimum atomic E-state index is -0.249. The Bertz CT molecular complexity index is 2560. The minimum absolute atomic E-state index is 0. The van der Waals surface area contributed by atoms with Gasteiger partial charge in [0.2, 0.25) is 0 Å². The fourth-order valence-electron chi connectivity index (χ4n) is 6.98. The molecular formula is C46H40N3OPt-. The van der Waals surface area contributed by atoms with E-state index in [0.717, 1.165) is 83.2 Å². The van der Waals surface area contributed by atoms with Crippen LogP contribution in [0.5, 0.6) is 5.75 Å². The predicted molar refractivity (Wildman–Crippen MR) is 208 cm³/mol.